The van der Waals surface area contributed by atoms with Crippen molar-refractivity contribution in [2.24, 2.45) is 0 Å². The van der Waals surface area contributed by atoms with Crippen molar-refractivity contribution in [3.05, 3.63) is 33.9 Å². The molecule has 6 nitrogen and oxygen atoms in total. The summed E-state index contributed by atoms with van der Waals surface area (Å²) in [6, 6.07) is 5.84. The second-order valence-electron chi connectivity index (χ2n) is 5.42. The zero-order chi connectivity index (χ0) is 15.2. The van der Waals surface area contributed by atoms with Gasteiger partial charge in [0.1, 0.15) is 5.69 Å². The molecule has 2 rings (SSSR count). The smallest absolute Gasteiger partial charge is 0.292 e. The first-order valence-corrected chi connectivity index (χ1v) is 7.51. The van der Waals surface area contributed by atoms with Gasteiger partial charge in [-0.1, -0.05) is 12.5 Å². The summed E-state index contributed by atoms with van der Waals surface area (Å²) < 4.78 is 0. The zero-order valence-electron chi connectivity index (χ0n) is 12.4. The van der Waals surface area contributed by atoms with Crippen LogP contribution in [0.15, 0.2) is 18.2 Å². The Morgan fingerprint density at radius 2 is 2.24 bits per heavy atom. The van der Waals surface area contributed by atoms with Gasteiger partial charge in [-0.2, -0.15) is 0 Å². The number of benzene rings is 1. The highest BCUT2D eigenvalue weighted by atomic mass is 16.6. The van der Waals surface area contributed by atoms with E-state index in [1.54, 1.807) is 12.1 Å². The molecule has 0 heterocycles. The van der Waals surface area contributed by atoms with Gasteiger partial charge in [0.15, 0.2) is 0 Å². The van der Waals surface area contributed by atoms with Crippen molar-refractivity contribution in [2.75, 3.05) is 25.0 Å². The van der Waals surface area contributed by atoms with E-state index in [1.807, 2.05) is 13.0 Å². The minimum absolute atomic E-state index is 0.118. The van der Waals surface area contributed by atoms with Crippen LogP contribution in [0, 0.1) is 10.1 Å². The van der Waals surface area contributed by atoms with Gasteiger partial charge < -0.3 is 10.4 Å². The van der Waals surface area contributed by atoms with Gasteiger partial charge in [0.05, 0.1) is 11.5 Å². The Balaban J connectivity index is 2.14. The van der Waals surface area contributed by atoms with Crippen molar-refractivity contribution in [3.63, 3.8) is 0 Å². The van der Waals surface area contributed by atoms with Gasteiger partial charge in [-0.15, -0.1) is 0 Å². The van der Waals surface area contributed by atoms with Crippen LogP contribution in [0.4, 0.5) is 11.4 Å². The van der Waals surface area contributed by atoms with Gasteiger partial charge in [0.2, 0.25) is 0 Å². The van der Waals surface area contributed by atoms with E-state index in [-0.39, 0.29) is 17.2 Å². The van der Waals surface area contributed by atoms with Gasteiger partial charge in [0, 0.05) is 31.7 Å². The van der Waals surface area contributed by atoms with Gasteiger partial charge >= 0.3 is 0 Å². The summed E-state index contributed by atoms with van der Waals surface area (Å²) in [5, 5.41) is 23.4. The Morgan fingerprint density at radius 1 is 1.48 bits per heavy atom. The maximum atomic E-state index is 11.2. The summed E-state index contributed by atoms with van der Waals surface area (Å²) in [6.45, 7) is 3.95. The molecule has 116 valence electrons. The Labute approximate surface area is 124 Å². The van der Waals surface area contributed by atoms with Crippen LogP contribution < -0.4 is 5.32 Å². The number of hydrogen-bond acceptors (Lipinski definition) is 5. The zero-order valence-corrected chi connectivity index (χ0v) is 12.4. The van der Waals surface area contributed by atoms with E-state index in [0.29, 0.717) is 31.4 Å². The predicted molar refractivity (Wildman–Crippen MR) is 82.4 cm³/mol. The summed E-state index contributed by atoms with van der Waals surface area (Å²) in [7, 11) is 0. The molecule has 2 N–H and O–H groups in total. The number of aliphatic hydroxyl groups is 1. The van der Waals surface area contributed by atoms with Crippen LogP contribution in [0.3, 0.4) is 0 Å². The summed E-state index contributed by atoms with van der Waals surface area (Å²) in [4.78, 5) is 13.0. The fraction of sp³-hybridized carbons (Fsp3) is 0.600. The Kier molecular flexibility index (Phi) is 5.52. The molecule has 1 aromatic carbocycles. The lowest BCUT2D eigenvalue weighted by atomic mass is 9.91. The first-order chi connectivity index (χ1) is 10.2. The van der Waals surface area contributed by atoms with Gasteiger partial charge in [-0.25, -0.2) is 0 Å². The molecule has 0 aromatic heterocycles. The van der Waals surface area contributed by atoms with Crippen LogP contribution in [0.1, 0.15) is 31.7 Å². The molecule has 1 aromatic rings. The summed E-state index contributed by atoms with van der Waals surface area (Å²) in [5.41, 5.74) is 1.60. The van der Waals surface area contributed by atoms with E-state index in [2.05, 4.69) is 10.2 Å². The summed E-state index contributed by atoms with van der Waals surface area (Å²) in [6.07, 6.45) is 3.53. The van der Waals surface area contributed by atoms with E-state index in [0.717, 1.165) is 18.4 Å². The quantitative estimate of drug-likeness (QED) is 0.568. The average Bonchev–Trinajstić information content (AvgIpc) is 2.39. The molecule has 0 spiro atoms. The standard InChI is InChI=1S/C15H23N3O3/c1-2-16-14-7-6-12(10-15(14)18(20)21)11-17(8-9-19)13-4-3-5-13/h6-7,10,13,16,19H,2-5,8-9,11H2,1H3. The minimum atomic E-state index is -0.346. The molecule has 1 aliphatic rings. The first-order valence-electron chi connectivity index (χ1n) is 7.51. The summed E-state index contributed by atoms with van der Waals surface area (Å²) >= 11 is 0. The lowest BCUT2D eigenvalue weighted by Crippen LogP contribution is -2.41. The van der Waals surface area contributed by atoms with Gasteiger partial charge in [-0.3, -0.25) is 15.0 Å². The average molecular weight is 293 g/mol. The van der Waals surface area contributed by atoms with Gasteiger partial charge in [-0.05, 0) is 31.4 Å². The third kappa shape index (κ3) is 3.92. The van der Waals surface area contributed by atoms with E-state index in [9.17, 15) is 15.2 Å². The Bertz CT molecular complexity index is 489. The number of nitro benzene ring substituents is 1. The molecule has 0 amide bonds. The molecular formula is C15H23N3O3. The van der Waals surface area contributed by atoms with Crippen molar-refractivity contribution < 1.29 is 10.0 Å². The number of anilines is 1. The highest BCUT2D eigenvalue weighted by molar-refractivity contribution is 5.62. The Hall–Kier alpha value is -1.66. The molecule has 1 fully saturated rings. The van der Waals surface area contributed by atoms with Crippen LogP contribution in [0.2, 0.25) is 0 Å². The van der Waals surface area contributed by atoms with Crippen molar-refractivity contribution in [1.82, 2.24) is 4.90 Å². The SMILES string of the molecule is CCNc1ccc(CN(CCO)C2CCC2)cc1[N+](=O)[O-]. The monoisotopic (exact) mass is 293 g/mol. The van der Waals surface area contributed by atoms with E-state index >= 15 is 0 Å². The largest absolute Gasteiger partial charge is 0.395 e. The predicted octanol–water partition coefficient (Wildman–Crippen LogP) is 2.37. The van der Waals surface area contributed by atoms with Crippen LogP contribution in [0.25, 0.3) is 0 Å². The summed E-state index contributed by atoms with van der Waals surface area (Å²) in [5.74, 6) is 0. The fourth-order valence-corrected chi connectivity index (χ4v) is 2.67. The van der Waals surface area contributed by atoms with Crippen molar-refractivity contribution in [1.29, 1.82) is 0 Å². The first kappa shape index (κ1) is 15.7. The van der Waals surface area contributed by atoms with E-state index < -0.39 is 0 Å². The molecule has 0 atom stereocenters. The number of hydrogen-bond donors (Lipinski definition) is 2. The number of nitrogens with zero attached hydrogens (tertiary/aromatic N) is 2. The molecule has 1 saturated carbocycles. The highest BCUT2D eigenvalue weighted by Gasteiger charge is 2.25. The fourth-order valence-electron chi connectivity index (χ4n) is 2.67. The van der Waals surface area contributed by atoms with E-state index in [1.165, 1.54) is 6.42 Å². The van der Waals surface area contributed by atoms with Crippen LogP contribution >= 0.6 is 0 Å². The second kappa shape index (κ2) is 7.38. The minimum Gasteiger partial charge on any atom is -0.395 e. The van der Waals surface area contributed by atoms with Crippen LogP contribution in [-0.4, -0.2) is 40.7 Å². The highest BCUT2D eigenvalue weighted by Crippen LogP contribution is 2.29. The van der Waals surface area contributed by atoms with Gasteiger partial charge in [0.25, 0.3) is 5.69 Å². The molecule has 0 saturated heterocycles. The molecular weight excluding hydrogens is 270 g/mol. The lowest BCUT2D eigenvalue weighted by Gasteiger charge is -2.37. The second-order valence-corrected chi connectivity index (χ2v) is 5.42. The van der Waals surface area contributed by atoms with Crippen LogP contribution in [-0.2, 0) is 6.54 Å². The molecule has 21 heavy (non-hydrogen) atoms. The third-order valence-electron chi connectivity index (χ3n) is 3.99. The molecule has 6 heteroatoms. The number of aliphatic hydroxyl groups excluding tert-OH is 1. The van der Waals surface area contributed by atoms with Crippen molar-refractivity contribution >= 4 is 11.4 Å². The molecule has 0 radical (unpaired) electrons. The molecule has 0 bridgehead atoms. The topological polar surface area (TPSA) is 78.6 Å². The Morgan fingerprint density at radius 3 is 2.76 bits per heavy atom. The maximum Gasteiger partial charge on any atom is 0.292 e. The van der Waals surface area contributed by atoms with Crippen molar-refractivity contribution in [2.45, 2.75) is 38.8 Å². The van der Waals surface area contributed by atoms with Crippen LogP contribution in [0.5, 0.6) is 0 Å². The third-order valence-corrected chi connectivity index (χ3v) is 3.99. The van der Waals surface area contributed by atoms with E-state index in [4.69, 9.17) is 0 Å². The lowest BCUT2D eigenvalue weighted by molar-refractivity contribution is -0.384. The number of nitro groups is 1. The maximum absolute atomic E-state index is 11.2. The normalized spacial score (nSPS) is 15.0. The van der Waals surface area contributed by atoms with Crippen molar-refractivity contribution in [3.8, 4) is 0 Å². The molecule has 0 unspecified atom stereocenters. The molecule has 0 aliphatic heterocycles. The molecule has 1 aliphatic carbocycles. The number of rotatable bonds is 8. The number of nitrogens with one attached hydrogen (secondary N) is 1.